The molecular formula is C27H31N5O5S2. The van der Waals surface area contributed by atoms with Crippen LogP contribution in [0.3, 0.4) is 0 Å². The summed E-state index contributed by atoms with van der Waals surface area (Å²) in [6.45, 7) is 8.90. The van der Waals surface area contributed by atoms with Crippen molar-refractivity contribution in [3.05, 3.63) is 63.1 Å². The molecule has 0 radical (unpaired) electrons. The molecule has 0 bridgehead atoms. The minimum absolute atomic E-state index is 0.0573. The van der Waals surface area contributed by atoms with Gasteiger partial charge < -0.3 is 9.84 Å². The van der Waals surface area contributed by atoms with Gasteiger partial charge in [-0.2, -0.15) is 4.31 Å². The van der Waals surface area contributed by atoms with E-state index in [1.54, 1.807) is 6.07 Å². The highest BCUT2D eigenvalue weighted by molar-refractivity contribution is 7.89. The van der Waals surface area contributed by atoms with E-state index in [1.165, 1.54) is 28.0 Å². The minimum atomic E-state index is -3.85. The Morgan fingerprint density at radius 3 is 2.77 bits per heavy atom. The molecule has 12 heteroatoms. The van der Waals surface area contributed by atoms with Crippen LogP contribution >= 0.6 is 11.3 Å². The number of carboxylic acid groups (broad SMARTS) is 1. The second-order valence-corrected chi connectivity index (χ2v) is 12.9. The summed E-state index contributed by atoms with van der Waals surface area (Å²) in [5.41, 5.74) is 4.28. The van der Waals surface area contributed by atoms with Crippen LogP contribution in [0.4, 0.5) is 0 Å². The average Bonchev–Trinajstić information content (AvgIpc) is 3.47. The van der Waals surface area contributed by atoms with E-state index in [-0.39, 0.29) is 30.5 Å². The van der Waals surface area contributed by atoms with Gasteiger partial charge >= 0.3 is 5.97 Å². The van der Waals surface area contributed by atoms with Gasteiger partial charge in [0.25, 0.3) is 0 Å². The van der Waals surface area contributed by atoms with E-state index in [0.717, 1.165) is 37.5 Å². The van der Waals surface area contributed by atoms with Crippen molar-refractivity contribution < 1.29 is 23.1 Å². The molecule has 0 amide bonds. The van der Waals surface area contributed by atoms with Gasteiger partial charge in [-0.3, -0.25) is 9.78 Å². The summed E-state index contributed by atoms with van der Waals surface area (Å²) < 4.78 is 36.5. The second kappa shape index (κ2) is 10.7. The monoisotopic (exact) mass is 569 g/mol. The number of aromatic nitrogens is 4. The van der Waals surface area contributed by atoms with E-state index >= 15 is 0 Å². The molecule has 4 aromatic rings. The van der Waals surface area contributed by atoms with Crippen molar-refractivity contribution in [2.45, 2.75) is 70.5 Å². The fourth-order valence-corrected chi connectivity index (χ4v) is 7.77. The van der Waals surface area contributed by atoms with Gasteiger partial charge in [-0.15, -0.1) is 16.4 Å². The fraction of sp³-hybridized carbons (Fsp3) is 0.407. The Morgan fingerprint density at radius 2 is 2.05 bits per heavy atom. The number of ether oxygens (including phenoxy) is 1. The lowest BCUT2D eigenvalue weighted by Crippen LogP contribution is -2.36. The molecule has 206 valence electrons. The van der Waals surface area contributed by atoms with Crippen LogP contribution in [0.25, 0.3) is 11.0 Å². The van der Waals surface area contributed by atoms with Crippen LogP contribution in [-0.4, -0.2) is 56.4 Å². The SMILES string of the molecule is CC[C@@H]1CN(Cc2cc(C(CC(=O)O)c3ccc4c(nnn4CC)c3C)sc2C)S(=O)(=O)c2cnccc2O1. The summed E-state index contributed by atoms with van der Waals surface area (Å²) in [4.78, 5) is 17.9. The summed E-state index contributed by atoms with van der Waals surface area (Å²) >= 11 is 1.50. The summed E-state index contributed by atoms with van der Waals surface area (Å²) in [7, 11) is -3.85. The lowest BCUT2D eigenvalue weighted by atomic mass is 9.89. The predicted octanol–water partition coefficient (Wildman–Crippen LogP) is 4.49. The van der Waals surface area contributed by atoms with Crippen molar-refractivity contribution in [3.8, 4) is 5.75 Å². The first-order valence-electron chi connectivity index (χ1n) is 12.9. The lowest BCUT2D eigenvalue weighted by molar-refractivity contribution is -0.137. The number of nitrogens with zero attached hydrogens (tertiary/aromatic N) is 5. The molecule has 0 saturated carbocycles. The second-order valence-electron chi connectivity index (χ2n) is 9.70. The summed E-state index contributed by atoms with van der Waals surface area (Å²) in [5, 5.41) is 18.4. The third kappa shape index (κ3) is 5.04. The number of hydrogen-bond acceptors (Lipinski definition) is 8. The Labute approximate surface area is 231 Å². The minimum Gasteiger partial charge on any atom is -0.488 e. The molecule has 1 N–H and O–H groups in total. The van der Waals surface area contributed by atoms with Gasteiger partial charge in [0.05, 0.1) is 24.7 Å². The molecule has 10 nitrogen and oxygen atoms in total. The number of rotatable bonds is 8. The van der Waals surface area contributed by atoms with Crippen molar-refractivity contribution in [1.29, 1.82) is 0 Å². The molecule has 1 unspecified atom stereocenters. The number of hydrogen-bond donors (Lipinski definition) is 1. The Kier molecular flexibility index (Phi) is 7.45. The number of aliphatic carboxylic acids is 1. The standard InChI is InChI=1S/C27H31N5O5S2/c1-5-19-15-31(39(35,36)25-13-28-10-9-23(25)37-19)14-18-11-24(38-17(18)4)21(12-26(33)34)20-7-8-22-27(16(20)3)29-30-32(22)6-2/h7-11,13,19,21H,5-6,12,14-15H2,1-4H3,(H,33,34)/t19-,21?/m1/s1. The third-order valence-electron chi connectivity index (χ3n) is 7.29. The van der Waals surface area contributed by atoms with E-state index in [0.29, 0.717) is 18.7 Å². The molecule has 2 atom stereocenters. The zero-order chi connectivity index (χ0) is 27.9. The fourth-order valence-electron chi connectivity index (χ4n) is 5.10. The van der Waals surface area contributed by atoms with Crippen LogP contribution < -0.4 is 4.74 Å². The number of pyridine rings is 1. The number of benzene rings is 1. The molecule has 1 aliphatic rings. The molecule has 1 aliphatic heterocycles. The summed E-state index contributed by atoms with van der Waals surface area (Å²) in [6.07, 6.45) is 3.11. The number of fused-ring (bicyclic) bond motifs is 2. The molecular weight excluding hydrogens is 538 g/mol. The molecule has 0 spiro atoms. The van der Waals surface area contributed by atoms with Crippen LogP contribution in [0.2, 0.25) is 0 Å². The number of carbonyl (C=O) groups is 1. The summed E-state index contributed by atoms with van der Waals surface area (Å²) in [6, 6.07) is 7.44. The Morgan fingerprint density at radius 1 is 1.26 bits per heavy atom. The molecule has 4 heterocycles. The van der Waals surface area contributed by atoms with Gasteiger partial charge in [0.15, 0.2) is 0 Å². The van der Waals surface area contributed by atoms with Gasteiger partial charge in [-0.25, -0.2) is 13.1 Å². The molecule has 0 saturated heterocycles. The molecule has 1 aromatic carbocycles. The largest absolute Gasteiger partial charge is 0.488 e. The maximum absolute atomic E-state index is 13.6. The van der Waals surface area contributed by atoms with Gasteiger partial charge in [0, 0.05) is 35.0 Å². The van der Waals surface area contributed by atoms with Crippen LogP contribution in [0.15, 0.2) is 41.6 Å². The van der Waals surface area contributed by atoms with E-state index in [2.05, 4.69) is 15.3 Å². The van der Waals surface area contributed by atoms with Crippen LogP contribution in [-0.2, 0) is 27.9 Å². The van der Waals surface area contributed by atoms with Crippen molar-refractivity contribution in [3.63, 3.8) is 0 Å². The molecule has 39 heavy (non-hydrogen) atoms. The third-order valence-corrected chi connectivity index (χ3v) is 10.3. The molecule has 0 fully saturated rings. The van der Waals surface area contributed by atoms with Gasteiger partial charge in [0.1, 0.15) is 22.3 Å². The molecule has 3 aromatic heterocycles. The quantitative estimate of drug-likeness (QED) is 0.329. The first-order valence-corrected chi connectivity index (χ1v) is 15.1. The highest BCUT2D eigenvalue weighted by atomic mass is 32.2. The smallest absolute Gasteiger partial charge is 0.304 e. The zero-order valence-electron chi connectivity index (χ0n) is 22.3. The van der Waals surface area contributed by atoms with Crippen molar-refractivity contribution in [2.75, 3.05) is 6.54 Å². The zero-order valence-corrected chi connectivity index (χ0v) is 23.9. The normalized spacial score (nSPS) is 17.9. The summed E-state index contributed by atoms with van der Waals surface area (Å²) in [5.74, 6) is -1.01. The van der Waals surface area contributed by atoms with Gasteiger partial charge in [0.2, 0.25) is 10.0 Å². The Hall–Kier alpha value is -3.35. The maximum atomic E-state index is 13.6. The number of thiophene rings is 1. The van der Waals surface area contributed by atoms with E-state index < -0.39 is 21.9 Å². The molecule has 0 aliphatic carbocycles. The molecule has 5 rings (SSSR count). The topological polar surface area (TPSA) is 128 Å². The van der Waals surface area contributed by atoms with Crippen molar-refractivity contribution >= 4 is 38.4 Å². The Balaban J connectivity index is 1.53. The van der Waals surface area contributed by atoms with Crippen molar-refractivity contribution in [1.82, 2.24) is 24.3 Å². The predicted molar refractivity (Wildman–Crippen MR) is 148 cm³/mol. The lowest BCUT2D eigenvalue weighted by Gasteiger charge is -2.22. The van der Waals surface area contributed by atoms with E-state index in [4.69, 9.17) is 4.74 Å². The van der Waals surface area contributed by atoms with Crippen molar-refractivity contribution in [2.24, 2.45) is 0 Å². The number of carboxylic acids is 1. The highest BCUT2D eigenvalue weighted by Gasteiger charge is 2.35. The van der Waals surface area contributed by atoms with E-state index in [1.807, 2.05) is 50.6 Å². The van der Waals surface area contributed by atoms with Gasteiger partial charge in [-0.1, -0.05) is 18.2 Å². The number of aryl methyl sites for hydroxylation is 3. The highest BCUT2D eigenvalue weighted by Crippen LogP contribution is 2.39. The van der Waals surface area contributed by atoms with Crippen LogP contribution in [0.1, 0.15) is 59.1 Å². The Bertz CT molecular complexity index is 1650. The van der Waals surface area contributed by atoms with E-state index in [9.17, 15) is 18.3 Å². The number of sulfonamides is 1. The average molecular weight is 570 g/mol. The van der Waals surface area contributed by atoms with Gasteiger partial charge in [-0.05, 0) is 62.1 Å². The first kappa shape index (κ1) is 27.2. The van der Waals surface area contributed by atoms with Crippen LogP contribution in [0, 0.1) is 13.8 Å². The first-order chi connectivity index (χ1) is 18.6. The van der Waals surface area contributed by atoms with Crippen LogP contribution in [0.5, 0.6) is 5.75 Å². The maximum Gasteiger partial charge on any atom is 0.304 e.